The van der Waals surface area contributed by atoms with Crippen LogP contribution < -0.4 is 10.6 Å². The van der Waals surface area contributed by atoms with E-state index < -0.39 is 0 Å². The van der Waals surface area contributed by atoms with Crippen LogP contribution >= 0.6 is 35.6 Å². The van der Waals surface area contributed by atoms with Gasteiger partial charge in [0, 0.05) is 30.6 Å². The molecule has 1 saturated carbocycles. The van der Waals surface area contributed by atoms with E-state index in [0.29, 0.717) is 6.54 Å². The second-order valence-electron chi connectivity index (χ2n) is 7.08. The van der Waals surface area contributed by atoms with E-state index in [9.17, 15) is 0 Å². The Kier molecular flexibility index (Phi) is 7.13. The molecule has 1 aliphatic carbocycles. The molecule has 0 unspecified atom stereocenters. The minimum Gasteiger partial charge on any atom is -0.356 e. The van der Waals surface area contributed by atoms with Gasteiger partial charge in [-0.3, -0.25) is 4.99 Å². The zero-order chi connectivity index (χ0) is 19.4. The van der Waals surface area contributed by atoms with Crippen molar-refractivity contribution >= 4 is 41.5 Å². The van der Waals surface area contributed by atoms with Crippen molar-refractivity contribution < 1.29 is 0 Å². The van der Waals surface area contributed by atoms with E-state index >= 15 is 0 Å². The fourth-order valence-electron chi connectivity index (χ4n) is 3.30. The van der Waals surface area contributed by atoms with Gasteiger partial charge in [0.2, 0.25) is 0 Å². The normalized spacial score (nSPS) is 14.8. The third-order valence-corrected chi connectivity index (χ3v) is 5.42. The molecule has 29 heavy (non-hydrogen) atoms. The first-order valence-corrected chi connectivity index (χ1v) is 9.71. The molecule has 2 N–H and O–H groups in total. The fraction of sp³-hybridized carbons (Fsp3) is 0.286. The van der Waals surface area contributed by atoms with Gasteiger partial charge < -0.3 is 10.6 Å². The number of aliphatic imine (C=N–C) groups is 1. The SMILES string of the molecule is CN=C(NCc1ccc(-n2cncn2)cc1)NCC1(c2cccc(Cl)c2)CC1.I. The average molecular weight is 523 g/mol. The molecule has 3 aromatic rings. The first-order valence-electron chi connectivity index (χ1n) is 9.33. The summed E-state index contributed by atoms with van der Waals surface area (Å²) in [5.74, 6) is 0.800. The standard InChI is InChI=1S/C21H23ClN6.HI/c1-23-20(26-13-21(9-10-21)17-3-2-4-18(22)11-17)25-12-16-5-7-19(8-6-16)28-15-24-14-27-28;/h2-8,11,14-15H,9-10,12-13H2,1H3,(H2,23,25,26);1H. The van der Waals surface area contributed by atoms with Crippen molar-refractivity contribution in [3.05, 3.63) is 77.3 Å². The predicted octanol–water partition coefficient (Wildman–Crippen LogP) is 3.94. The first kappa shape index (κ1) is 21.6. The molecule has 0 radical (unpaired) electrons. The quantitative estimate of drug-likeness (QED) is 0.292. The molecule has 0 spiro atoms. The second-order valence-corrected chi connectivity index (χ2v) is 7.51. The monoisotopic (exact) mass is 522 g/mol. The number of nitrogens with one attached hydrogen (secondary N) is 2. The van der Waals surface area contributed by atoms with Crippen LogP contribution in [-0.4, -0.2) is 34.3 Å². The molecule has 1 fully saturated rings. The van der Waals surface area contributed by atoms with Crippen LogP contribution in [0.2, 0.25) is 5.02 Å². The third-order valence-electron chi connectivity index (χ3n) is 5.19. The molecule has 8 heteroatoms. The highest BCUT2D eigenvalue weighted by Crippen LogP contribution is 2.48. The summed E-state index contributed by atoms with van der Waals surface area (Å²) in [5.41, 5.74) is 3.62. The van der Waals surface area contributed by atoms with Crippen LogP contribution in [0.5, 0.6) is 0 Å². The van der Waals surface area contributed by atoms with Crippen LogP contribution in [0, 0.1) is 0 Å². The van der Waals surface area contributed by atoms with Crippen molar-refractivity contribution in [1.29, 1.82) is 0 Å². The summed E-state index contributed by atoms with van der Waals surface area (Å²) < 4.78 is 1.74. The number of rotatable bonds is 6. The van der Waals surface area contributed by atoms with Gasteiger partial charge in [-0.25, -0.2) is 9.67 Å². The number of nitrogens with zero attached hydrogens (tertiary/aromatic N) is 4. The van der Waals surface area contributed by atoms with Crippen molar-refractivity contribution in [2.24, 2.45) is 4.99 Å². The van der Waals surface area contributed by atoms with Crippen LogP contribution in [-0.2, 0) is 12.0 Å². The number of hydrogen-bond donors (Lipinski definition) is 2. The first-order chi connectivity index (χ1) is 13.7. The molecule has 1 aliphatic rings. The van der Waals surface area contributed by atoms with Crippen LogP contribution in [0.25, 0.3) is 5.69 Å². The molecule has 0 bridgehead atoms. The largest absolute Gasteiger partial charge is 0.356 e. The number of guanidine groups is 1. The smallest absolute Gasteiger partial charge is 0.191 e. The van der Waals surface area contributed by atoms with E-state index in [1.54, 1.807) is 18.1 Å². The van der Waals surface area contributed by atoms with Gasteiger partial charge >= 0.3 is 0 Å². The molecule has 0 saturated heterocycles. The van der Waals surface area contributed by atoms with Gasteiger partial charge in [0.15, 0.2) is 5.96 Å². The van der Waals surface area contributed by atoms with E-state index in [0.717, 1.165) is 23.2 Å². The summed E-state index contributed by atoms with van der Waals surface area (Å²) in [5, 5.41) is 11.8. The number of aromatic nitrogens is 3. The van der Waals surface area contributed by atoms with E-state index in [1.165, 1.54) is 30.3 Å². The molecule has 6 nitrogen and oxygen atoms in total. The lowest BCUT2D eigenvalue weighted by molar-refractivity contribution is 0.645. The maximum atomic E-state index is 6.16. The zero-order valence-electron chi connectivity index (χ0n) is 16.2. The molecular weight excluding hydrogens is 499 g/mol. The molecule has 2 aromatic carbocycles. The maximum absolute atomic E-state index is 6.16. The zero-order valence-corrected chi connectivity index (χ0v) is 19.3. The van der Waals surface area contributed by atoms with Gasteiger partial charge in [0.1, 0.15) is 12.7 Å². The van der Waals surface area contributed by atoms with E-state index in [1.807, 2.05) is 24.3 Å². The van der Waals surface area contributed by atoms with Gasteiger partial charge in [-0.05, 0) is 48.2 Å². The van der Waals surface area contributed by atoms with Gasteiger partial charge in [0.05, 0.1) is 5.69 Å². The summed E-state index contributed by atoms with van der Waals surface area (Å²) in [6, 6.07) is 16.4. The number of hydrogen-bond acceptors (Lipinski definition) is 3. The third kappa shape index (κ3) is 5.27. The van der Waals surface area contributed by atoms with Gasteiger partial charge in [-0.2, -0.15) is 5.10 Å². The molecule has 1 aromatic heterocycles. The summed E-state index contributed by atoms with van der Waals surface area (Å²) in [4.78, 5) is 8.32. The molecule has 0 aliphatic heterocycles. The highest BCUT2D eigenvalue weighted by Gasteiger charge is 2.44. The van der Waals surface area contributed by atoms with Crippen molar-refractivity contribution in [3.8, 4) is 5.69 Å². The highest BCUT2D eigenvalue weighted by atomic mass is 127. The van der Waals surface area contributed by atoms with Crippen molar-refractivity contribution in [2.45, 2.75) is 24.8 Å². The van der Waals surface area contributed by atoms with E-state index in [2.05, 4.69) is 50.0 Å². The Morgan fingerprint density at radius 3 is 2.59 bits per heavy atom. The second kappa shape index (κ2) is 9.58. The highest BCUT2D eigenvalue weighted by molar-refractivity contribution is 14.0. The van der Waals surface area contributed by atoms with Crippen LogP contribution in [0.4, 0.5) is 0 Å². The molecule has 0 atom stereocenters. The Balaban J connectivity index is 0.00000240. The van der Waals surface area contributed by atoms with Crippen molar-refractivity contribution in [1.82, 2.24) is 25.4 Å². The van der Waals surface area contributed by atoms with Crippen molar-refractivity contribution in [2.75, 3.05) is 13.6 Å². The molecule has 1 heterocycles. The van der Waals surface area contributed by atoms with Crippen molar-refractivity contribution in [3.63, 3.8) is 0 Å². The lowest BCUT2D eigenvalue weighted by Gasteiger charge is -2.19. The lowest BCUT2D eigenvalue weighted by Crippen LogP contribution is -2.40. The van der Waals surface area contributed by atoms with Gasteiger partial charge in [0.25, 0.3) is 0 Å². The molecular formula is C21H24ClIN6. The Bertz CT molecular complexity index is 952. The summed E-state index contributed by atoms with van der Waals surface area (Å²) in [7, 11) is 1.79. The predicted molar refractivity (Wildman–Crippen MR) is 127 cm³/mol. The molecule has 0 amide bonds. The van der Waals surface area contributed by atoms with Gasteiger partial charge in [-0.15, -0.1) is 24.0 Å². The maximum Gasteiger partial charge on any atom is 0.191 e. The Labute approximate surface area is 192 Å². The topological polar surface area (TPSA) is 67.1 Å². The minimum absolute atomic E-state index is 0. The van der Waals surface area contributed by atoms with Gasteiger partial charge in [-0.1, -0.05) is 35.9 Å². The van der Waals surface area contributed by atoms with Crippen LogP contribution in [0.15, 0.2) is 66.2 Å². The summed E-state index contributed by atoms with van der Waals surface area (Å²) in [6.45, 7) is 1.54. The van der Waals surface area contributed by atoms with Crippen LogP contribution in [0.1, 0.15) is 24.0 Å². The Morgan fingerprint density at radius 1 is 1.17 bits per heavy atom. The average Bonchev–Trinajstić information content (AvgIpc) is 3.32. The number of halogens is 2. The molecule has 4 rings (SSSR count). The number of benzene rings is 2. The van der Waals surface area contributed by atoms with E-state index in [4.69, 9.17) is 11.6 Å². The fourth-order valence-corrected chi connectivity index (χ4v) is 3.49. The Hall–Kier alpha value is -2.13. The van der Waals surface area contributed by atoms with E-state index in [-0.39, 0.29) is 29.4 Å². The Morgan fingerprint density at radius 2 is 1.97 bits per heavy atom. The van der Waals surface area contributed by atoms with Crippen LogP contribution in [0.3, 0.4) is 0 Å². The molecule has 152 valence electrons. The lowest BCUT2D eigenvalue weighted by atomic mass is 9.96. The summed E-state index contributed by atoms with van der Waals surface area (Å²) in [6.07, 6.45) is 5.55. The summed E-state index contributed by atoms with van der Waals surface area (Å²) >= 11 is 6.16. The minimum atomic E-state index is 0.